The second-order valence-electron chi connectivity index (χ2n) is 9.84. The number of rotatable bonds is 9. The highest BCUT2D eigenvalue weighted by molar-refractivity contribution is 5.81. The van der Waals surface area contributed by atoms with Crippen LogP contribution in [0.1, 0.15) is 51.2 Å². The lowest BCUT2D eigenvalue weighted by Gasteiger charge is -2.24. The maximum absolute atomic E-state index is 12.4. The number of aryl methyl sites for hydroxylation is 1. The maximum Gasteiger partial charge on any atom is 0.326 e. The molecule has 1 aromatic carbocycles. The van der Waals surface area contributed by atoms with Gasteiger partial charge in [-0.3, -0.25) is 14.9 Å². The number of imidazole rings is 1. The molecule has 1 fully saturated rings. The van der Waals surface area contributed by atoms with Crippen molar-refractivity contribution >= 4 is 17.0 Å². The zero-order valence-corrected chi connectivity index (χ0v) is 21.4. The van der Waals surface area contributed by atoms with Gasteiger partial charge >= 0.3 is 5.97 Å². The van der Waals surface area contributed by atoms with Crippen molar-refractivity contribution in [3.63, 3.8) is 0 Å². The molecule has 0 aliphatic carbocycles. The Balaban J connectivity index is 1.64. The van der Waals surface area contributed by atoms with Crippen LogP contribution in [0.3, 0.4) is 0 Å². The Kier molecular flexibility index (Phi) is 8.23. The molecular formula is C27H36N4O5. The standard InChI is InChI=1S/C27H36N4O5/c1-16(2)36-27(34)24(18(4)32)28-13-19-8-9-23-22(12-19)30-25(20-11-17(3)26(33)29-14-20)31(23)15-21-7-5-6-10-35-21/h8-9,11-12,14,16,18,21,24,28,32H,5-7,10,13,15H2,1-4H3,(H,29,33)/t18-,21?,24+/m1/s1. The van der Waals surface area contributed by atoms with E-state index in [0.29, 0.717) is 18.7 Å². The van der Waals surface area contributed by atoms with Gasteiger partial charge in [0.2, 0.25) is 0 Å². The number of aliphatic hydroxyl groups excluding tert-OH is 1. The summed E-state index contributed by atoms with van der Waals surface area (Å²) in [6.07, 6.45) is 3.88. The molecule has 0 amide bonds. The first-order chi connectivity index (χ1) is 17.2. The maximum atomic E-state index is 12.4. The van der Waals surface area contributed by atoms with Crippen LogP contribution < -0.4 is 10.9 Å². The van der Waals surface area contributed by atoms with E-state index in [2.05, 4.69) is 14.9 Å². The van der Waals surface area contributed by atoms with Crippen LogP contribution in [-0.4, -0.2) is 56.6 Å². The Hall–Kier alpha value is -3.01. The molecule has 2 aromatic heterocycles. The number of aliphatic hydroxyl groups is 1. The fraction of sp³-hybridized carbons (Fsp3) is 0.519. The van der Waals surface area contributed by atoms with Crippen LogP contribution in [0.4, 0.5) is 0 Å². The van der Waals surface area contributed by atoms with Crippen molar-refractivity contribution in [2.45, 2.75) is 84.4 Å². The van der Waals surface area contributed by atoms with Crippen molar-refractivity contribution < 1.29 is 19.4 Å². The van der Waals surface area contributed by atoms with E-state index in [1.54, 1.807) is 33.9 Å². The van der Waals surface area contributed by atoms with Crippen molar-refractivity contribution in [1.82, 2.24) is 19.9 Å². The average molecular weight is 497 g/mol. The normalized spacial score (nSPS) is 17.9. The molecule has 3 atom stereocenters. The molecule has 3 N–H and O–H groups in total. The van der Waals surface area contributed by atoms with Crippen LogP contribution in [0.15, 0.2) is 35.3 Å². The second-order valence-corrected chi connectivity index (χ2v) is 9.84. The van der Waals surface area contributed by atoms with Crippen LogP contribution in [0.5, 0.6) is 0 Å². The van der Waals surface area contributed by atoms with Crippen LogP contribution in [0, 0.1) is 6.92 Å². The number of esters is 1. The molecule has 1 unspecified atom stereocenters. The molecule has 3 aromatic rings. The van der Waals surface area contributed by atoms with Crippen molar-refractivity contribution in [2.24, 2.45) is 0 Å². The molecule has 36 heavy (non-hydrogen) atoms. The van der Waals surface area contributed by atoms with Gasteiger partial charge in [-0.2, -0.15) is 0 Å². The summed E-state index contributed by atoms with van der Waals surface area (Å²) >= 11 is 0. The topological polar surface area (TPSA) is 118 Å². The van der Waals surface area contributed by atoms with Gasteiger partial charge in [-0.05, 0) is 70.7 Å². The van der Waals surface area contributed by atoms with Crippen LogP contribution in [0.25, 0.3) is 22.4 Å². The molecule has 1 saturated heterocycles. The largest absolute Gasteiger partial charge is 0.462 e. The van der Waals surface area contributed by atoms with E-state index in [4.69, 9.17) is 14.5 Å². The summed E-state index contributed by atoms with van der Waals surface area (Å²) in [5.41, 5.74) is 4.05. The molecule has 0 spiro atoms. The third-order valence-electron chi connectivity index (χ3n) is 6.43. The fourth-order valence-corrected chi connectivity index (χ4v) is 4.56. The number of carbonyl (C=O) groups is 1. The molecule has 0 saturated carbocycles. The SMILES string of the molecule is Cc1cc(-c2nc3cc(CN[C@H](C(=O)OC(C)C)[C@@H](C)O)ccc3n2CC2CCCCO2)c[nH]c1=O. The minimum atomic E-state index is -0.898. The predicted octanol–water partition coefficient (Wildman–Crippen LogP) is 3.06. The number of aromatic amines is 1. The Morgan fingerprint density at radius 1 is 1.31 bits per heavy atom. The summed E-state index contributed by atoms with van der Waals surface area (Å²) in [7, 11) is 0. The molecule has 0 radical (unpaired) electrons. The second kappa shape index (κ2) is 11.4. The summed E-state index contributed by atoms with van der Waals surface area (Å²) < 4.78 is 13.4. The number of hydrogen-bond donors (Lipinski definition) is 3. The summed E-state index contributed by atoms with van der Waals surface area (Å²) in [6.45, 7) is 8.71. The van der Waals surface area contributed by atoms with Gasteiger partial charge in [-0.25, -0.2) is 4.98 Å². The number of nitrogens with one attached hydrogen (secondary N) is 2. The van der Waals surface area contributed by atoms with Gasteiger partial charge < -0.3 is 24.1 Å². The Morgan fingerprint density at radius 3 is 2.78 bits per heavy atom. The molecule has 1 aliphatic rings. The molecule has 9 heteroatoms. The number of benzene rings is 1. The van der Waals surface area contributed by atoms with Crippen molar-refractivity contribution in [3.05, 3.63) is 51.9 Å². The van der Waals surface area contributed by atoms with E-state index < -0.39 is 18.1 Å². The number of H-pyrrole nitrogens is 1. The minimum absolute atomic E-state index is 0.110. The first kappa shape index (κ1) is 26.1. The van der Waals surface area contributed by atoms with E-state index in [9.17, 15) is 14.7 Å². The van der Waals surface area contributed by atoms with Gasteiger partial charge in [0.1, 0.15) is 11.9 Å². The Bertz CT molecular complexity index is 1260. The number of aromatic nitrogens is 3. The first-order valence-electron chi connectivity index (χ1n) is 12.7. The smallest absolute Gasteiger partial charge is 0.326 e. The van der Waals surface area contributed by atoms with E-state index >= 15 is 0 Å². The summed E-state index contributed by atoms with van der Waals surface area (Å²) in [4.78, 5) is 32.1. The van der Waals surface area contributed by atoms with Crippen LogP contribution >= 0.6 is 0 Å². The van der Waals surface area contributed by atoms with Gasteiger partial charge in [0.05, 0.1) is 35.9 Å². The molecule has 9 nitrogen and oxygen atoms in total. The quantitative estimate of drug-likeness (QED) is 0.390. The molecule has 4 rings (SSSR count). The lowest BCUT2D eigenvalue weighted by Crippen LogP contribution is -2.46. The van der Waals surface area contributed by atoms with Gasteiger partial charge in [0.25, 0.3) is 5.56 Å². The molecule has 3 heterocycles. The van der Waals surface area contributed by atoms with E-state index in [0.717, 1.165) is 53.9 Å². The first-order valence-corrected chi connectivity index (χ1v) is 12.7. The number of fused-ring (bicyclic) bond motifs is 1. The highest BCUT2D eigenvalue weighted by atomic mass is 16.5. The van der Waals surface area contributed by atoms with Crippen molar-refractivity contribution in [2.75, 3.05) is 6.61 Å². The molecule has 1 aliphatic heterocycles. The molecule has 0 bridgehead atoms. The highest BCUT2D eigenvalue weighted by Crippen LogP contribution is 2.27. The fourth-order valence-electron chi connectivity index (χ4n) is 4.56. The van der Waals surface area contributed by atoms with Gasteiger partial charge in [-0.1, -0.05) is 6.07 Å². The predicted molar refractivity (Wildman–Crippen MR) is 138 cm³/mol. The van der Waals surface area contributed by atoms with Crippen molar-refractivity contribution in [1.29, 1.82) is 0 Å². The summed E-state index contributed by atoms with van der Waals surface area (Å²) in [5.74, 6) is 0.291. The van der Waals surface area contributed by atoms with Gasteiger partial charge in [-0.15, -0.1) is 0 Å². The van der Waals surface area contributed by atoms with Gasteiger partial charge in [0.15, 0.2) is 0 Å². The number of carbonyl (C=O) groups excluding carboxylic acids is 1. The molecular weight excluding hydrogens is 460 g/mol. The van der Waals surface area contributed by atoms with Crippen LogP contribution in [-0.2, 0) is 27.4 Å². The van der Waals surface area contributed by atoms with E-state index in [1.165, 1.54) is 0 Å². The lowest BCUT2D eigenvalue weighted by molar-refractivity contribution is -0.152. The number of hydrogen-bond acceptors (Lipinski definition) is 7. The lowest BCUT2D eigenvalue weighted by atomic mass is 10.1. The van der Waals surface area contributed by atoms with Crippen molar-refractivity contribution in [3.8, 4) is 11.4 Å². The third-order valence-corrected chi connectivity index (χ3v) is 6.43. The monoisotopic (exact) mass is 496 g/mol. The average Bonchev–Trinajstić information content (AvgIpc) is 3.18. The van der Waals surface area contributed by atoms with E-state index in [1.807, 2.05) is 24.3 Å². The van der Waals surface area contributed by atoms with Gasteiger partial charge in [0, 0.05) is 30.5 Å². The number of ether oxygens (including phenoxy) is 2. The Labute approximate surface area is 210 Å². The number of nitrogens with zero attached hydrogens (tertiary/aromatic N) is 2. The zero-order valence-electron chi connectivity index (χ0n) is 21.4. The number of pyridine rings is 1. The van der Waals surface area contributed by atoms with Crippen LogP contribution in [0.2, 0.25) is 0 Å². The summed E-state index contributed by atoms with van der Waals surface area (Å²) in [6, 6.07) is 7.02. The van der Waals surface area contributed by atoms with E-state index in [-0.39, 0.29) is 17.8 Å². The zero-order chi connectivity index (χ0) is 25.8. The summed E-state index contributed by atoms with van der Waals surface area (Å²) in [5, 5.41) is 13.2. The minimum Gasteiger partial charge on any atom is -0.462 e. The Morgan fingerprint density at radius 2 is 2.11 bits per heavy atom. The third kappa shape index (κ3) is 6.03. The highest BCUT2D eigenvalue weighted by Gasteiger charge is 2.26. The molecule has 194 valence electrons.